The highest BCUT2D eigenvalue weighted by atomic mass is 127. The SMILES string of the molecule is CCNC(=NCCCc1nc(C)no1)N1CCC(C)C(n2ccnc2)C1.I. The van der Waals surface area contributed by atoms with Crippen molar-refractivity contribution in [3.63, 3.8) is 0 Å². The first-order valence-corrected chi connectivity index (χ1v) is 9.47. The summed E-state index contributed by atoms with van der Waals surface area (Å²) in [5.74, 6) is 3.00. The van der Waals surface area contributed by atoms with Gasteiger partial charge in [-0.2, -0.15) is 4.98 Å². The molecule has 3 heterocycles. The maximum Gasteiger partial charge on any atom is 0.226 e. The van der Waals surface area contributed by atoms with E-state index in [0.29, 0.717) is 23.7 Å². The number of hydrogen-bond donors (Lipinski definition) is 1. The van der Waals surface area contributed by atoms with Gasteiger partial charge >= 0.3 is 0 Å². The van der Waals surface area contributed by atoms with Crippen molar-refractivity contribution in [3.8, 4) is 0 Å². The Morgan fingerprint density at radius 2 is 2.30 bits per heavy atom. The van der Waals surface area contributed by atoms with E-state index in [1.165, 1.54) is 0 Å². The molecule has 3 rings (SSSR count). The van der Waals surface area contributed by atoms with Crippen LogP contribution >= 0.6 is 24.0 Å². The Bertz CT molecular complexity index is 700. The molecule has 1 fully saturated rings. The number of guanidine groups is 1. The van der Waals surface area contributed by atoms with Gasteiger partial charge in [0.2, 0.25) is 5.89 Å². The smallest absolute Gasteiger partial charge is 0.226 e. The fourth-order valence-electron chi connectivity index (χ4n) is 3.38. The molecule has 0 bridgehead atoms. The summed E-state index contributed by atoms with van der Waals surface area (Å²) in [6.07, 6.45) is 8.63. The minimum atomic E-state index is 0. The average molecular weight is 487 g/mol. The minimum absolute atomic E-state index is 0. The van der Waals surface area contributed by atoms with E-state index in [1.54, 1.807) is 0 Å². The zero-order valence-electron chi connectivity index (χ0n) is 16.3. The molecule has 27 heavy (non-hydrogen) atoms. The fraction of sp³-hybridized carbons (Fsp3) is 0.667. The van der Waals surface area contributed by atoms with Crippen LogP contribution in [0.3, 0.4) is 0 Å². The van der Waals surface area contributed by atoms with Gasteiger partial charge in [0.15, 0.2) is 11.8 Å². The van der Waals surface area contributed by atoms with Crippen LogP contribution in [0, 0.1) is 12.8 Å². The Morgan fingerprint density at radius 1 is 1.44 bits per heavy atom. The molecule has 2 unspecified atom stereocenters. The second-order valence-electron chi connectivity index (χ2n) is 6.86. The quantitative estimate of drug-likeness (QED) is 0.292. The number of aryl methyl sites for hydroxylation is 2. The first kappa shape index (κ1) is 21.6. The Morgan fingerprint density at radius 3 is 2.96 bits per heavy atom. The number of nitrogens with zero attached hydrogens (tertiary/aromatic N) is 6. The van der Waals surface area contributed by atoms with Gasteiger partial charge in [-0.05, 0) is 32.6 Å². The Balaban J connectivity index is 0.00000261. The van der Waals surface area contributed by atoms with Crippen LogP contribution in [0.25, 0.3) is 0 Å². The van der Waals surface area contributed by atoms with Gasteiger partial charge in [-0.25, -0.2) is 4.98 Å². The van der Waals surface area contributed by atoms with E-state index in [2.05, 4.69) is 50.0 Å². The molecule has 9 heteroatoms. The third-order valence-corrected chi connectivity index (χ3v) is 4.84. The number of nitrogens with one attached hydrogen (secondary N) is 1. The lowest BCUT2D eigenvalue weighted by Gasteiger charge is -2.39. The molecule has 0 spiro atoms. The van der Waals surface area contributed by atoms with Gasteiger partial charge in [-0.3, -0.25) is 4.99 Å². The summed E-state index contributed by atoms with van der Waals surface area (Å²) in [5.41, 5.74) is 0. The Hall–Kier alpha value is -1.65. The maximum atomic E-state index is 5.16. The normalized spacial score (nSPS) is 20.4. The van der Waals surface area contributed by atoms with Crippen LogP contribution in [0.5, 0.6) is 0 Å². The van der Waals surface area contributed by atoms with Gasteiger partial charge in [0.25, 0.3) is 0 Å². The molecule has 1 saturated heterocycles. The van der Waals surface area contributed by atoms with E-state index in [4.69, 9.17) is 9.52 Å². The van der Waals surface area contributed by atoms with Gasteiger partial charge in [0.05, 0.1) is 12.4 Å². The van der Waals surface area contributed by atoms with Crippen LogP contribution in [0.1, 0.15) is 44.4 Å². The molecule has 0 aliphatic carbocycles. The van der Waals surface area contributed by atoms with Crippen molar-refractivity contribution in [2.24, 2.45) is 10.9 Å². The van der Waals surface area contributed by atoms with E-state index in [0.717, 1.165) is 51.4 Å². The van der Waals surface area contributed by atoms with Crippen LogP contribution in [-0.4, -0.2) is 56.7 Å². The number of halogens is 1. The summed E-state index contributed by atoms with van der Waals surface area (Å²) in [4.78, 5) is 15.6. The second kappa shape index (κ2) is 10.6. The molecule has 8 nitrogen and oxygen atoms in total. The molecule has 0 saturated carbocycles. The topological polar surface area (TPSA) is 84.4 Å². The summed E-state index contributed by atoms with van der Waals surface area (Å²) in [5, 5.41) is 7.26. The highest BCUT2D eigenvalue weighted by molar-refractivity contribution is 14.0. The van der Waals surface area contributed by atoms with Crippen LogP contribution in [-0.2, 0) is 6.42 Å². The van der Waals surface area contributed by atoms with Gasteiger partial charge < -0.3 is 19.3 Å². The van der Waals surface area contributed by atoms with Crippen molar-refractivity contribution >= 4 is 29.9 Å². The number of aromatic nitrogens is 4. The number of imidazole rings is 1. The van der Waals surface area contributed by atoms with E-state index >= 15 is 0 Å². The molecule has 1 aliphatic rings. The molecule has 1 aliphatic heterocycles. The third kappa shape index (κ3) is 5.91. The summed E-state index contributed by atoms with van der Waals surface area (Å²) < 4.78 is 7.38. The van der Waals surface area contributed by atoms with Gasteiger partial charge in [0, 0.05) is 45.0 Å². The van der Waals surface area contributed by atoms with Crippen molar-refractivity contribution in [3.05, 3.63) is 30.4 Å². The van der Waals surface area contributed by atoms with Crippen LogP contribution in [0.15, 0.2) is 28.2 Å². The van der Waals surface area contributed by atoms with Crippen molar-refractivity contribution < 1.29 is 4.52 Å². The summed E-state index contributed by atoms with van der Waals surface area (Å²) >= 11 is 0. The van der Waals surface area contributed by atoms with Gasteiger partial charge in [0.1, 0.15) is 0 Å². The van der Waals surface area contributed by atoms with E-state index in [-0.39, 0.29) is 24.0 Å². The van der Waals surface area contributed by atoms with Crippen molar-refractivity contribution in [1.82, 2.24) is 29.9 Å². The Kier molecular flexibility index (Phi) is 8.52. The highest BCUT2D eigenvalue weighted by Gasteiger charge is 2.28. The van der Waals surface area contributed by atoms with E-state index < -0.39 is 0 Å². The van der Waals surface area contributed by atoms with Gasteiger partial charge in [-0.15, -0.1) is 24.0 Å². The molecule has 0 aromatic carbocycles. The first-order chi connectivity index (χ1) is 12.7. The van der Waals surface area contributed by atoms with E-state index in [1.807, 2.05) is 19.4 Å². The predicted molar refractivity (Wildman–Crippen MR) is 115 cm³/mol. The molecule has 0 amide bonds. The molecule has 0 radical (unpaired) electrons. The molecule has 150 valence electrons. The Labute approximate surface area is 177 Å². The molecular weight excluding hydrogens is 457 g/mol. The second-order valence-corrected chi connectivity index (χ2v) is 6.86. The molecule has 2 aromatic rings. The van der Waals surface area contributed by atoms with Crippen molar-refractivity contribution in [1.29, 1.82) is 0 Å². The molecular formula is C18H30IN7O. The summed E-state index contributed by atoms with van der Waals surface area (Å²) in [6, 6.07) is 0.427. The number of rotatable bonds is 6. The van der Waals surface area contributed by atoms with E-state index in [9.17, 15) is 0 Å². The molecule has 2 aromatic heterocycles. The van der Waals surface area contributed by atoms with Crippen LogP contribution < -0.4 is 5.32 Å². The molecule has 2 atom stereocenters. The lowest BCUT2D eigenvalue weighted by atomic mass is 9.93. The predicted octanol–water partition coefficient (Wildman–Crippen LogP) is 2.67. The van der Waals surface area contributed by atoms with Crippen molar-refractivity contribution in [2.45, 2.75) is 46.1 Å². The monoisotopic (exact) mass is 487 g/mol. The summed E-state index contributed by atoms with van der Waals surface area (Å²) in [6.45, 7) is 9.85. The number of aliphatic imine (C=N–C) groups is 1. The standard InChI is InChI=1S/C18H29N7O.HI/c1-4-20-18(21-8-5-6-17-22-15(3)23-26-17)24-10-7-14(2)16(12-24)25-11-9-19-13-25;/h9,11,13-14,16H,4-8,10,12H2,1-3H3,(H,20,21);1H. The molecule has 1 N–H and O–H groups in total. The lowest BCUT2D eigenvalue weighted by Crippen LogP contribution is -2.49. The average Bonchev–Trinajstić information content (AvgIpc) is 3.30. The van der Waals surface area contributed by atoms with Crippen molar-refractivity contribution in [2.75, 3.05) is 26.2 Å². The minimum Gasteiger partial charge on any atom is -0.357 e. The maximum absolute atomic E-state index is 5.16. The third-order valence-electron chi connectivity index (χ3n) is 4.84. The fourth-order valence-corrected chi connectivity index (χ4v) is 3.38. The number of hydrogen-bond acceptors (Lipinski definition) is 5. The zero-order valence-corrected chi connectivity index (χ0v) is 18.7. The van der Waals surface area contributed by atoms with Crippen LogP contribution in [0.2, 0.25) is 0 Å². The zero-order chi connectivity index (χ0) is 18.4. The first-order valence-electron chi connectivity index (χ1n) is 9.47. The van der Waals surface area contributed by atoms with Gasteiger partial charge in [-0.1, -0.05) is 12.1 Å². The van der Waals surface area contributed by atoms with Crippen LogP contribution in [0.4, 0.5) is 0 Å². The largest absolute Gasteiger partial charge is 0.357 e. The lowest BCUT2D eigenvalue weighted by molar-refractivity contribution is 0.189. The highest BCUT2D eigenvalue weighted by Crippen LogP contribution is 2.27. The number of likely N-dealkylation sites (tertiary alicyclic amines) is 1. The summed E-state index contributed by atoms with van der Waals surface area (Å²) in [7, 11) is 0. The number of piperidine rings is 1.